The Bertz CT molecular complexity index is 1790. The van der Waals surface area contributed by atoms with E-state index in [1.165, 1.54) is 199 Å². The average Bonchev–Trinajstić information content (AvgIpc) is 3.07. The number of hydrogen-bond acceptors (Lipinski definition) is 15. The van der Waals surface area contributed by atoms with Gasteiger partial charge in [-0.1, -0.05) is 336 Å². The van der Waals surface area contributed by atoms with E-state index in [1.807, 2.05) is 0 Å². The Labute approximate surface area is 568 Å². The number of unbranched alkanes of at least 4 members (excludes halogenated alkanes) is 45. The van der Waals surface area contributed by atoms with Gasteiger partial charge in [0.05, 0.1) is 26.4 Å². The zero-order valence-electron chi connectivity index (χ0n) is 60.4. The van der Waals surface area contributed by atoms with Crippen LogP contribution in [-0.4, -0.2) is 96.7 Å². The second kappa shape index (κ2) is 67.3. The molecule has 0 saturated heterocycles. The molecule has 0 aromatic rings. The lowest BCUT2D eigenvalue weighted by Crippen LogP contribution is -2.30. The fraction of sp³-hybridized carbons (Fsp3) is 0.946. The van der Waals surface area contributed by atoms with Gasteiger partial charge in [-0.15, -0.1) is 0 Å². The minimum Gasteiger partial charge on any atom is -0.462 e. The van der Waals surface area contributed by atoms with E-state index >= 15 is 0 Å². The molecule has 0 aliphatic carbocycles. The van der Waals surface area contributed by atoms with E-state index in [-0.39, 0.29) is 25.7 Å². The summed E-state index contributed by atoms with van der Waals surface area (Å²) in [6.45, 7) is 7.20. The first kappa shape index (κ1) is 91.1. The van der Waals surface area contributed by atoms with Crippen LogP contribution in [0.1, 0.15) is 388 Å². The maximum atomic E-state index is 13.1. The quantitative estimate of drug-likeness (QED) is 0.0222. The van der Waals surface area contributed by atoms with Gasteiger partial charge >= 0.3 is 39.5 Å². The summed E-state index contributed by atoms with van der Waals surface area (Å²) in [6.07, 6.45) is 56.2. The third-order valence-electron chi connectivity index (χ3n) is 17.6. The summed E-state index contributed by atoms with van der Waals surface area (Å²) < 4.78 is 68.1. The third kappa shape index (κ3) is 67.0. The highest BCUT2D eigenvalue weighted by Gasteiger charge is 2.30. The number of phosphoric ester groups is 2. The number of aliphatic hydroxyl groups is 1. The molecule has 0 heterocycles. The second-order valence-corrected chi connectivity index (χ2v) is 29.8. The van der Waals surface area contributed by atoms with Crippen molar-refractivity contribution in [2.75, 3.05) is 39.6 Å². The van der Waals surface area contributed by atoms with Crippen molar-refractivity contribution < 1.29 is 80.2 Å². The Morgan fingerprint density at radius 3 is 0.763 bits per heavy atom. The molecule has 19 heteroatoms. The number of aliphatic hydroxyl groups excluding tert-OH is 1. The van der Waals surface area contributed by atoms with Crippen molar-refractivity contribution in [2.24, 2.45) is 5.92 Å². The predicted molar refractivity (Wildman–Crippen MR) is 377 cm³/mol. The van der Waals surface area contributed by atoms with Gasteiger partial charge in [0.25, 0.3) is 0 Å². The van der Waals surface area contributed by atoms with E-state index in [9.17, 15) is 43.2 Å². The summed E-state index contributed by atoms with van der Waals surface area (Å²) in [5.74, 6) is -1.28. The Balaban J connectivity index is 5.08. The fourth-order valence-corrected chi connectivity index (χ4v) is 12.9. The summed E-state index contributed by atoms with van der Waals surface area (Å²) in [6, 6.07) is 0. The maximum absolute atomic E-state index is 13.1. The van der Waals surface area contributed by atoms with Crippen molar-refractivity contribution >= 4 is 39.5 Å². The number of carbonyl (C=O) groups excluding carboxylic acids is 4. The molecule has 0 aromatic carbocycles. The SMILES string of the molecule is CCCCCCCCCCCCCCCCCCCCCCCCC(=O)O[C@H](COC(=O)CCCCCCCCCCCCCCCCC(C)CC)COP(=O)(O)OC[C@@H](O)COP(=O)(O)OC[C@@H](COC(=O)CCCCCCC)OC(=O)CCCCCCCCCC. The van der Waals surface area contributed by atoms with Gasteiger partial charge in [-0.2, -0.15) is 0 Å². The van der Waals surface area contributed by atoms with Crippen LogP contribution in [0.2, 0.25) is 0 Å². The molecule has 3 unspecified atom stereocenters. The molecule has 0 amide bonds. The molecular formula is C74H144O17P2. The molecule has 0 rings (SSSR count). The van der Waals surface area contributed by atoms with Crippen molar-refractivity contribution in [1.82, 2.24) is 0 Å². The number of ether oxygens (including phenoxy) is 4. The van der Waals surface area contributed by atoms with E-state index in [4.69, 9.17) is 37.0 Å². The number of phosphoric acid groups is 2. The van der Waals surface area contributed by atoms with Crippen LogP contribution in [0.25, 0.3) is 0 Å². The minimum absolute atomic E-state index is 0.104. The lowest BCUT2D eigenvalue weighted by Gasteiger charge is -2.21. The number of hydrogen-bond donors (Lipinski definition) is 3. The molecule has 93 heavy (non-hydrogen) atoms. The Morgan fingerprint density at radius 1 is 0.301 bits per heavy atom. The molecule has 0 spiro atoms. The lowest BCUT2D eigenvalue weighted by molar-refractivity contribution is -0.161. The molecule has 17 nitrogen and oxygen atoms in total. The second-order valence-electron chi connectivity index (χ2n) is 26.9. The molecule has 0 aromatic heterocycles. The lowest BCUT2D eigenvalue weighted by atomic mass is 9.99. The van der Waals surface area contributed by atoms with Crippen molar-refractivity contribution in [3.8, 4) is 0 Å². The summed E-state index contributed by atoms with van der Waals surface area (Å²) in [5, 5.41) is 10.6. The maximum Gasteiger partial charge on any atom is 0.472 e. The van der Waals surface area contributed by atoms with Crippen LogP contribution in [0.3, 0.4) is 0 Å². The van der Waals surface area contributed by atoms with Crippen LogP contribution < -0.4 is 0 Å². The zero-order valence-corrected chi connectivity index (χ0v) is 62.2. The smallest absolute Gasteiger partial charge is 0.462 e. The molecule has 0 aliphatic rings. The average molecular weight is 1370 g/mol. The van der Waals surface area contributed by atoms with E-state index < -0.39 is 97.5 Å². The van der Waals surface area contributed by atoms with E-state index in [0.717, 1.165) is 109 Å². The normalized spacial score (nSPS) is 14.3. The molecule has 0 aliphatic heterocycles. The van der Waals surface area contributed by atoms with Gasteiger partial charge in [0.15, 0.2) is 12.2 Å². The van der Waals surface area contributed by atoms with Gasteiger partial charge in [-0.3, -0.25) is 37.3 Å². The van der Waals surface area contributed by atoms with Gasteiger partial charge in [-0.05, 0) is 31.6 Å². The Hall–Kier alpha value is -1.94. The molecule has 3 N–H and O–H groups in total. The van der Waals surface area contributed by atoms with Crippen LogP contribution in [0.15, 0.2) is 0 Å². The van der Waals surface area contributed by atoms with Crippen LogP contribution in [0.5, 0.6) is 0 Å². The van der Waals surface area contributed by atoms with E-state index in [0.29, 0.717) is 25.7 Å². The van der Waals surface area contributed by atoms with Crippen molar-refractivity contribution in [2.45, 2.75) is 406 Å². The highest BCUT2D eigenvalue weighted by molar-refractivity contribution is 7.47. The molecular weight excluding hydrogens is 1220 g/mol. The fourth-order valence-electron chi connectivity index (χ4n) is 11.3. The topological polar surface area (TPSA) is 237 Å². The summed E-state index contributed by atoms with van der Waals surface area (Å²) >= 11 is 0. The van der Waals surface area contributed by atoms with E-state index in [1.54, 1.807) is 0 Å². The highest BCUT2D eigenvalue weighted by Crippen LogP contribution is 2.45. The standard InChI is InChI=1S/C74H144O17P2/c1-6-10-13-16-18-20-21-22-23-24-25-26-27-28-29-30-35-38-41-45-50-55-60-74(79)91-70(64-85-72(77)58-53-48-44-40-37-34-32-31-33-36-39-42-47-51-56-67(5)9-4)66-89-93(82,83)87-62-68(75)61-86-92(80,81)88-65-69(63-84-71(76)57-52-46-15-12-8-3)90-73(78)59-54-49-43-19-17-14-11-7-2/h67-70,75H,6-66H2,1-5H3,(H,80,81)(H,82,83)/t67?,68-,69+,70+/m0/s1. The Kier molecular flexibility index (Phi) is 65.9. The summed E-state index contributed by atoms with van der Waals surface area (Å²) in [7, 11) is -9.89. The first-order valence-corrected chi connectivity index (χ1v) is 41.7. The van der Waals surface area contributed by atoms with Crippen LogP contribution in [0, 0.1) is 5.92 Å². The molecule has 0 bridgehead atoms. The number of rotatable bonds is 74. The molecule has 0 saturated carbocycles. The molecule has 0 radical (unpaired) electrons. The Morgan fingerprint density at radius 2 is 0.516 bits per heavy atom. The highest BCUT2D eigenvalue weighted by atomic mass is 31.2. The molecule has 552 valence electrons. The summed E-state index contributed by atoms with van der Waals surface area (Å²) in [5.41, 5.74) is 0. The molecule has 6 atom stereocenters. The van der Waals surface area contributed by atoms with Gasteiger partial charge in [0.1, 0.15) is 19.3 Å². The first-order valence-electron chi connectivity index (χ1n) is 38.7. The minimum atomic E-state index is -4.95. The predicted octanol–water partition coefficient (Wildman–Crippen LogP) is 21.7. The van der Waals surface area contributed by atoms with Crippen LogP contribution in [0.4, 0.5) is 0 Å². The van der Waals surface area contributed by atoms with Gasteiger partial charge in [-0.25, -0.2) is 9.13 Å². The summed E-state index contributed by atoms with van der Waals surface area (Å²) in [4.78, 5) is 72.3. The first-order chi connectivity index (χ1) is 45.1. The monoisotopic (exact) mass is 1370 g/mol. The van der Waals surface area contributed by atoms with Crippen molar-refractivity contribution in [3.63, 3.8) is 0 Å². The largest absolute Gasteiger partial charge is 0.472 e. The number of esters is 4. The zero-order chi connectivity index (χ0) is 68.4. The molecule has 0 fully saturated rings. The third-order valence-corrected chi connectivity index (χ3v) is 19.5. The van der Waals surface area contributed by atoms with Gasteiger partial charge < -0.3 is 33.8 Å². The van der Waals surface area contributed by atoms with Crippen LogP contribution >= 0.6 is 15.6 Å². The van der Waals surface area contributed by atoms with Gasteiger partial charge in [0.2, 0.25) is 0 Å². The van der Waals surface area contributed by atoms with Crippen LogP contribution in [-0.2, 0) is 65.4 Å². The number of carbonyl (C=O) groups is 4. The van der Waals surface area contributed by atoms with Gasteiger partial charge in [0, 0.05) is 25.7 Å². The van der Waals surface area contributed by atoms with E-state index in [2.05, 4.69) is 34.6 Å². The van der Waals surface area contributed by atoms with Crippen molar-refractivity contribution in [3.05, 3.63) is 0 Å². The van der Waals surface area contributed by atoms with Crippen molar-refractivity contribution in [1.29, 1.82) is 0 Å².